The number of rotatable bonds is 4. The molecule has 9 nitrogen and oxygen atoms in total. The smallest absolute Gasteiger partial charge is 0.326 e. The summed E-state index contributed by atoms with van der Waals surface area (Å²) in [5, 5.41) is 2.90. The molecule has 176 valence electrons. The van der Waals surface area contributed by atoms with E-state index in [0.29, 0.717) is 44.7 Å². The standard InChI is InChI=1S/C24H31N5O4/c1-2-16-7-11-24(12-8-16)21(31)28(23(33)26-24)15-20(30)27-13-9-17(10-14-27)29-19-6-4-3-5-18(19)25-22(29)32/h3-6,16-17H,2,7-15H2,1H3,(H,25,32)(H,26,33). The number of fused-ring (bicyclic) bond motifs is 1. The Morgan fingerprint density at radius 3 is 2.45 bits per heavy atom. The molecule has 0 radical (unpaired) electrons. The number of piperidine rings is 1. The van der Waals surface area contributed by atoms with Crippen LogP contribution in [-0.4, -0.2) is 62.4 Å². The monoisotopic (exact) mass is 453 g/mol. The number of urea groups is 1. The number of carbonyl (C=O) groups excluding carboxylic acids is 3. The first-order valence-corrected chi connectivity index (χ1v) is 12.0. The molecular formula is C24H31N5O4. The molecule has 2 saturated heterocycles. The summed E-state index contributed by atoms with van der Waals surface area (Å²) >= 11 is 0. The van der Waals surface area contributed by atoms with Gasteiger partial charge in [0.1, 0.15) is 12.1 Å². The zero-order valence-corrected chi connectivity index (χ0v) is 19.0. The number of imide groups is 1. The van der Waals surface area contributed by atoms with Crippen LogP contribution in [0.25, 0.3) is 11.0 Å². The topological polar surface area (TPSA) is 108 Å². The maximum Gasteiger partial charge on any atom is 0.326 e. The molecule has 3 heterocycles. The molecule has 9 heteroatoms. The molecule has 3 fully saturated rings. The molecule has 1 spiro atoms. The fourth-order valence-corrected chi connectivity index (χ4v) is 5.78. The van der Waals surface area contributed by atoms with Crippen LogP contribution in [0.1, 0.15) is 57.9 Å². The average molecular weight is 454 g/mol. The Hall–Kier alpha value is -3.10. The Kier molecular flexibility index (Phi) is 5.50. The van der Waals surface area contributed by atoms with E-state index in [9.17, 15) is 19.2 Å². The van der Waals surface area contributed by atoms with E-state index in [1.165, 1.54) is 0 Å². The number of amides is 4. The minimum Gasteiger partial charge on any atom is -0.341 e. The zero-order chi connectivity index (χ0) is 23.2. The van der Waals surface area contributed by atoms with Crippen LogP contribution in [0.3, 0.4) is 0 Å². The van der Waals surface area contributed by atoms with Crippen molar-refractivity contribution in [3.05, 3.63) is 34.7 Å². The molecule has 33 heavy (non-hydrogen) atoms. The van der Waals surface area contributed by atoms with Gasteiger partial charge in [-0.15, -0.1) is 0 Å². The lowest BCUT2D eigenvalue weighted by molar-refractivity contribution is -0.140. The number of para-hydroxylation sites is 2. The number of benzene rings is 1. The molecule has 5 rings (SSSR count). The zero-order valence-electron chi connectivity index (χ0n) is 19.0. The maximum atomic E-state index is 13.1. The number of hydrogen-bond donors (Lipinski definition) is 2. The van der Waals surface area contributed by atoms with Crippen molar-refractivity contribution in [1.82, 2.24) is 24.7 Å². The lowest BCUT2D eigenvalue weighted by Crippen LogP contribution is -2.50. The van der Waals surface area contributed by atoms with Gasteiger partial charge in [-0.3, -0.25) is 19.1 Å². The van der Waals surface area contributed by atoms with E-state index < -0.39 is 11.6 Å². The van der Waals surface area contributed by atoms with E-state index in [1.54, 1.807) is 9.47 Å². The van der Waals surface area contributed by atoms with Crippen LogP contribution < -0.4 is 11.0 Å². The Labute approximate surface area is 192 Å². The van der Waals surface area contributed by atoms with Crippen LogP contribution in [0.15, 0.2) is 29.1 Å². The Balaban J connectivity index is 1.21. The van der Waals surface area contributed by atoms with Gasteiger partial charge in [0.2, 0.25) is 5.91 Å². The predicted molar refractivity (Wildman–Crippen MR) is 123 cm³/mol. The van der Waals surface area contributed by atoms with Crippen LogP contribution in [-0.2, 0) is 9.59 Å². The van der Waals surface area contributed by atoms with Crippen molar-refractivity contribution < 1.29 is 14.4 Å². The molecule has 1 saturated carbocycles. The number of nitrogens with zero attached hydrogens (tertiary/aromatic N) is 3. The van der Waals surface area contributed by atoms with Gasteiger partial charge in [-0.25, -0.2) is 9.59 Å². The molecule has 0 unspecified atom stereocenters. The number of carbonyl (C=O) groups is 3. The van der Waals surface area contributed by atoms with Crippen molar-refractivity contribution in [2.24, 2.45) is 5.92 Å². The van der Waals surface area contributed by atoms with Crippen LogP contribution in [0.5, 0.6) is 0 Å². The van der Waals surface area contributed by atoms with Gasteiger partial charge in [-0.2, -0.15) is 0 Å². The summed E-state index contributed by atoms with van der Waals surface area (Å²) in [6, 6.07) is 7.15. The van der Waals surface area contributed by atoms with Crippen molar-refractivity contribution in [3.8, 4) is 0 Å². The second-order valence-electron chi connectivity index (χ2n) is 9.68. The highest BCUT2D eigenvalue weighted by Crippen LogP contribution is 2.37. The van der Waals surface area contributed by atoms with E-state index in [2.05, 4.69) is 17.2 Å². The Morgan fingerprint density at radius 1 is 1.06 bits per heavy atom. The lowest BCUT2D eigenvalue weighted by Gasteiger charge is -2.35. The fourth-order valence-electron chi connectivity index (χ4n) is 5.78. The minimum atomic E-state index is -0.827. The van der Waals surface area contributed by atoms with Gasteiger partial charge in [0.15, 0.2) is 0 Å². The summed E-state index contributed by atoms with van der Waals surface area (Å²) < 4.78 is 1.78. The van der Waals surface area contributed by atoms with E-state index >= 15 is 0 Å². The summed E-state index contributed by atoms with van der Waals surface area (Å²) in [7, 11) is 0. The van der Waals surface area contributed by atoms with Crippen molar-refractivity contribution in [1.29, 1.82) is 0 Å². The van der Waals surface area contributed by atoms with Gasteiger partial charge in [0.25, 0.3) is 5.91 Å². The summed E-state index contributed by atoms with van der Waals surface area (Å²) in [6.07, 6.45) is 5.51. The van der Waals surface area contributed by atoms with E-state index in [4.69, 9.17) is 0 Å². The molecule has 2 aromatic rings. The summed E-state index contributed by atoms with van der Waals surface area (Å²) in [6.45, 7) is 2.91. The third-order valence-corrected chi connectivity index (χ3v) is 7.88. The van der Waals surface area contributed by atoms with Crippen LogP contribution in [0.4, 0.5) is 4.79 Å². The second-order valence-corrected chi connectivity index (χ2v) is 9.68. The molecule has 2 aliphatic heterocycles. The predicted octanol–water partition coefficient (Wildman–Crippen LogP) is 2.38. The number of nitrogens with one attached hydrogen (secondary N) is 2. The van der Waals surface area contributed by atoms with Crippen molar-refractivity contribution >= 4 is 28.9 Å². The lowest BCUT2D eigenvalue weighted by atomic mass is 9.75. The van der Waals surface area contributed by atoms with E-state index in [-0.39, 0.29) is 30.1 Å². The third kappa shape index (κ3) is 3.73. The van der Waals surface area contributed by atoms with Crippen molar-refractivity contribution in [2.45, 2.75) is 63.5 Å². The molecule has 4 amide bonds. The molecule has 2 N–H and O–H groups in total. The first kappa shape index (κ1) is 21.7. The van der Waals surface area contributed by atoms with Gasteiger partial charge in [0, 0.05) is 19.1 Å². The molecule has 1 aromatic heterocycles. The van der Waals surface area contributed by atoms with Gasteiger partial charge >= 0.3 is 11.7 Å². The van der Waals surface area contributed by atoms with Gasteiger partial charge in [-0.05, 0) is 56.6 Å². The fraction of sp³-hybridized carbons (Fsp3) is 0.583. The highest BCUT2D eigenvalue weighted by molar-refractivity contribution is 6.09. The molecule has 1 aromatic carbocycles. The number of H-pyrrole nitrogens is 1. The summed E-state index contributed by atoms with van der Waals surface area (Å²) in [5.41, 5.74) is 0.714. The van der Waals surface area contributed by atoms with Gasteiger partial charge in [-0.1, -0.05) is 25.5 Å². The summed E-state index contributed by atoms with van der Waals surface area (Å²) in [4.78, 5) is 56.8. The molecule has 1 aliphatic carbocycles. The largest absolute Gasteiger partial charge is 0.341 e. The number of likely N-dealkylation sites (tertiary alicyclic amines) is 1. The third-order valence-electron chi connectivity index (χ3n) is 7.88. The number of aromatic amines is 1. The average Bonchev–Trinajstić information content (AvgIpc) is 3.28. The number of aromatic nitrogens is 2. The number of imidazole rings is 1. The normalized spacial score (nSPS) is 26.4. The molecule has 3 aliphatic rings. The Bertz CT molecular complexity index is 1140. The summed E-state index contributed by atoms with van der Waals surface area (Å²) in [5.74, 6) is 0.125. The number of hydrogen-bond acceptors (Lipinski definition) is 4. The van der Waals surface area contributed by atoms with Gasteiger partial charge in [0.05, 0.1) is 11.0 Å². The molecular weight excluding hydrogens is 422 g/mol. The van der Waals surface area contributed by atoms with Crippen LogP contribution in [0.2, 0.25) is 0 Å². The first-order chi connectivity index (χ1) is 15.9. The van der Waals surface area contributed by atoms with E-state index in [1.807, 2.05) is 24.3 Å². The SMILES string of the molecule is CCC1CCC2(CC1)NC(=O)N(CC(=O)N1CCC(n3c(=O)[nH]c4ccccc43)CC1)C2=O. The Morgan fingerprint density at radius 2 is 1.76 bits per heavy atom. The quantitative estimate of drug-likeness (QED) is 0.693. The van der Waals surface area contributed by atoms with Crippen LogP contribution >= 0.6 is 0 Å². The minimum absolute atomic E-state index is 0.00596. The van der Waals surface area contributed by atoms with Crippen molar-refractivity contribution in [3.63, 3.8) is 0 Å². The van der Waals surface area contributed by atoms with Gasteiger partial charge < -0.3 is 15.2 Å². The second kappa shape index (κ2) is 8.35. The maximum absolute atomic E-state index is 13.1. The molecule has 0 atom stereocenters. The van der Waals surface area contributed by atoms with Crippen LogP contribution in [0, 0.1) is 5.92 Å². The first-order valence-electron chi connectivity index (χ1n) is 12.0. The van der Waals surface area contributed by atoms with E-state index in [0.717, 1.165) is 35.2 Å². The molecule has 0 bridgehead atoms. The highest BCUT2D eigenvalue weighted by Gasteiger charge is 2.52. The highest BCUT2D eigenvalue weighted by atomic mass is 16.2. The van der Waals surface area contributed by atoms with Crippen molar-refractivity contribution in [2.75, 3.05) is 19.6 Å².